The second kappa shape index (κ2) is 5.17. The number of hydrogen-bond acceptors (Lipinski definition) is 5. The maximum atomic E-state index is 11.2. The van der Waals surface area contributed by atoms with Gasteiger partial charge in [-0.25, -0.2) is 0 Å². The van der Waals surface area contributed by atoms with Crippen LogP contribution in [0.15, 0.2) is 23.8 Å². The van der Waals surface area contributed by atoms with Gasteiger partial charge >= 0.3 is 0 Å². The van der Waals surface area contributed by atoms with E-state index in [1.54, 1.807) is 6.92 Å². The predicted molar refractivity (Wildman–Crippen MR) is 93.0 cm³/mol. The highest BCUT2D eigenvalue weighted by Gasteiger charge is 2.81. The lowest BCUT2D eigenvalue weighted by atomic mass is 9.81. The van der Waals surface area contributed by atoms with Crippen molar-refractivity contribution in [2.75, 3.05) is 6.61 Å². The fourth-order valence-electron chi connectivity index (χ4n) is 4.63. The van der Waals surface area contributed by atoms with E-state index in [4.69, 9.17) is 14.2 Å². The van der Waals surface area contributed by atoms with E-state index >= 15 is 0 Å². The molecule has 0 aromatic heterocycles. The molecule has 3 heterocycles. The Morgan fingerprint density at radius 3 is 2.64 bits per heavy atom. The molecule has 1 aliphatic carbocycles. The van der Waals surface area contributed by atoms with Crippen LogP contribution >= 0.6 is 0 Å². The van der Waals surface area contributed by atoms with Gasteiger partial charge in [0.25, 0.3) is 0 Å². The number of epoxide rings is 2. The lowest BCUT2D eigenvalue weighted by Crippen LogP contribution is -2.45. The highest BCUT2D eigenvalue weighted by atomic mass is 16.8. The van der Waals surface area contributed by atoms with Gasteiger partial charge in [0, 0.05) is 0 Å². The van der Waals surface area contributed by atoms with Crippen LogP contribution in [0.4, 0.5) is 0 Å². The smallest absolute Gasteiger partial charge is 0.218 e. The zero-order chi connectivity index (χ0) is 18.1. The summed E-state index contributed by atoms with van der Waals surface area (Å²) >= 11 is 0. The summed E-state index contributed by atoms with van der Waals surface area (Å²) in [6.07, 6.45) is 9.56. The Balaban J connectivity index is 1.63. The number of rotatable bonds is 0. The minimum absolute atomic E-state index is 0.128. The Morgan fingerprint density at radius 1 is 1.16 bits per heavy atom. The largest absolute Gasteiger partial charge is 0.386 e. The molecule has 2 N–H and O–H groups in total. The molecule has 25 heavy (non-hydrogen) atoms. The Hall–Kier alpha value is -0.720. The first kappa shape index (κ1) is 17.7. The fraction of sp³-hybridized carbons (Fsp3) is 0.800. The molecule has 5 nitrogen and oxygen atoms in total. The zero-order valence-corrected chi connectivity index (χ0v) is 15.7. The average Bonchev–Trinajstić information content (AvgIpc) is 3.33. The molecule has 1 spiro atoms. The van der Waals surface area contributed by atoms with Crippen molar-refractivity contribution in [2.45, 2.75) is 94.1 Å². The average molecular weight is 350 g/mol. The number of hydrogen-bond donors (Lipinski definition) is 2. The van der Waals surface area contributed by atoms with Crippen molar-refractivity contribution in [3.63, 3.8) is 0 Å². The first-order chi connectivity index (χ1) is 11.5. The third-order valence-corrected chi connectivity index (χ3v) is 6.62. The third kappa shape index (κ3) is 2.72. The lowest BCUT2D eigenvalue weighted by molar-refractivity contribution is -0.202. The van der Waals surface area contributed by atoms with Crippen molar-refractivity contribution in [3.05, 3.63) is 23.8 Å². The summed E-state index contributed by atoms with van der Waals surface area (Å²) in [5, 5.41) is 21.9. The molecule has 4 rings (SSSR count). The lowest BCUT2D eigenvalue weighted by Gasteiger charge is -2.30. The molecule has 0 bridgehead atoms. The first-order valence-corrected chi connectivity index (χ1v) is 9.36. The fourth-order valence-corrected chi connectivity index (χ4v) is 4.63. The minimum atomic E-state index is -1.43. The van der Waals surface area contributed by atoms with Crippen LogP contribution in [0.25, 0.3) is 0 Å². The Kier molecular flexibility index (Phi) is 3.66. The number of ether oxygens (including phenoxy) is 3. The van der Waals surface area contributed by atoms with Gasteiger partial charge in [0.2, 0.25) is 5.79 Å². The van der Waals surface area contributed by atoms with Crippen molar-refractivity contribution in [1.82, 2.24) is 0 Å². The number of fused-ring (bicyclic) bond motifs is 1. The molecule has 5 heteroatoms. The summed E-state index contributed by atoms with van der Waals surface area (Å²) in [4.78, 5) is 0. The van der Waals surface area contributed by atoms with Gasteiger partial charge in [0.15, 0.2) is 5.60 Å². The topological polar surface area (TPSA) is 74.8 Å². The van der Waals surface area contributed by atoms with Crippen LogP contribution in [0.3, 0.4) is 0 Å². The maximum absolute atomic E-state index is 11.2. The molecule has 3 saturated heterocycles. The number of aliphatic hydroxyl groups is 2. The van der Waals surface area contributed by atoms with Gasteiger partial charge < -0.3 is 24.4 Å². The monoisotopic (exact) mass is 350 g/mol. The first-order valence-electron chi connectivity index (χ1n) is 9.36. The minimum Gasteiger partial charge on any atom is -0.386 e. The molecule has 0 radical (unpaired) electrons. The van der Waals surface area contributed by atoms with E-state index < -0.39 is 22.6 Å². The normalized spacial score (nSPS) is 55.4. The van der Waals surface area contributed by atoms with Crippen LogP contribution in [0.1, 0.15) is 59.8 Å². The molecule has 3 aliphatic heterocycles. The van der Waals surface area contributed by atoms with E-state index in [0.29, 0.717) is 19.4 Å². The SMILES string of the molecule is CC1=C[C@]2(O)OC[C@@]3(C)O[C@]32CC[C@](C)(O)C=CC[C@]2(C)O[C@H]2CC1. The summed E-state index contributed by atoms with van der Waals surface area (Å²) in [7, 11) is 0. The quantitative estimate of drug-likeness (QED) is 0.519. The van der Waals surface area contributed by atoms with Crippen LogP contribution in [-0.4, -0.2) is 51.1 Å². The van der Waals surface area contributed by atoms with Gasteiger partial charge in [-0.1, -0.05) is 17.7 Å². The zero-order valence-electron chi connectivity index (χ0n) is 15.7. The summed E-state index contributed by atoms with van der Waals surface area (Å²) < 4.78 is 17.7. The molecular formula is C20H30O5. The molecule has 140 valence electrons. The van der Waals surface area contributed by atoms with E-state index in [0.717, 1.165) is 24.8 Å². The molecule has 0 amide bonds. The van der Waals surface area contributed by atoms with E-state index in [-0.39, 0.29) is 11.7 Å². The van der Waals surface area contributed by atoms with E-state index in [2.05, 4.69) is 6.92 Å². The third-order valence-electron chi connectivity index (χ3n) is 6.62. The van der Waals surface area contributed by atoms with Crippen molar-refractivity contribution in [3.8, 4) is 0 Å². The molecule has 4 aliphatic rings. The highest BCUT2D eigenvalue weighted by Crippen LogP contribution is 2.63. The summed E-state index contributed by atoms with van der Waals surface area (Å²) in [5.74, 6) is -1.43. The van der Waals surface area contributed by atoms with Crippen LogP contribution in [-0.2, 0) is 14.2 Å². The molecular weight excluding hydrogens is 320 g/mol. The Morgan fingerprint density at radius 2 is 1.92 bits per heavy atom. The summed E-state index contributed by atoms with van der Waals surface area (Å²) in [6, 6.07) is 0. The van der Waals surface area contributed by atoms with E-state index in [1.807, 2.05) is 32.1 Å². The molecule has 6 atom stereocenters. The van der Waals surface area contributed by atoms with Gasteiger partial charge in [0.1, 0.15) is 5.60 Å². The van der Waals surface area contributed by atoms with Gasteiger partial charge in [-0.3, -0.25) is 0 Å². The van der Waals surface area contributed by atoms with Crippen LogP contribution in [0, 0.1) is 0 Å². The Labute approximate surface area is 149 Å². The molecule has 0 aromatic rings. The molecule has 0 saturated carbocycles. The second-order valence-electron chi connectivity index (χ2n) is 9.06. The van der Waals surface area contributed by atoms with Crippen molar-refractivity contribution >= 4 is 0 Å². The Bertz CT molecular complexity index is 640. The molecule has 3 fully saturated rings. The summed E-state index contributed by atoms with van der Waals surface area (Å²) in [5.41, 5.74) is -1.24. The molecule has 0 unspecified atom stereocenters. The standard InChI is InChI=1S/C20H30O5/c1-14-6-7-15-17(3,24-15)9-5-8-16(2,21)10-11-19-18(4,25-19)13-23-20(19,22)12-14/h5,8,12,15,21-22H,6-7,9-11,13H2,1-4H3/t15-,16+,17-,18+,19+,20-/m0/s1. The van der Waals surface area contributed by atoms with Crippen molar-refractivity contribution in [2.24, 2.45) is 0 Å². The van der Waals surface area contributed by atoms with Crippen LogP contribution < -0.4 is 0 Å². The molecule has 0 aromatic carbocycles. The highest BCUT2D eigenvalue weighted by molar-refractivity contribution is 5.31. The second-order valence-corrected chi connectivity index (χ2v) is 9.06. The van der Waals surface area contributed by atoms with Gasteiger partial charge in [-0.05, 0) is 65.9 Å². The van der Waals surface area contributed by atoms with E-state index in [1.165, 1.54) is 0 Å². The summed E-state index contributed by atoms with van der Waals surface area (Å²) in [6.45, 7) is 8.29. The van der Waals surface area contributed by atoms with Crippen molar-refractivity contribution in [1.29, 1.82) is 0 Å². The van der Waals surface area contributed by atoms with Crippen LogP contribution in [0.5, 0.6) is 0 Å². The van der Waals surface area contributed by atoms with Gasteiger partial charge in [-0.15, -0.1) is 0 Å². The van der Waals surface area contributed by atoms with E-state index in [9.17, 15) is 10.2 Å². The number of allylic oxidation sites excluding steroid dienone is 1. The predicted octanol–water partition coefficient (Wildman–Crippen LogP) is 2.61. The van der Waals surface area contributed by atoms with Crippen LogP contribution in [0.2, 0.25) is 0 Å². The van der Waals surface area contributed by atoms with Gasteiger partial charge in [0.05, 0.1) is 23.9 Å². The maximum Gasteiger partial charge on any atom is 0.218 e. The van der Waals surface area contributed by atoms with Gasteiger partial charge in [-0.2, -0.15) is 0 Å². The van der Waals surface area contributed by atoms with Crippen molar-refractivity contribution < 1.29 is 24.4 Å².